The molecular weight excluding hydrogens is 290 g/mol. The third-order valence-electron chi connectivity index (χ3n) is 1.18. The summed E-state index contributed by atoms with van der Waals surface area (Å²) in [5.41, 5.74) is 1.09. The standard InChI is InChI=1S/C7H7Br2NS/c1-4-6(3-7(8)9)11-5(2)10-4/h3H,1-2H3. The molecule has 0 N–H and O–H groups in total. The van der Waals surface area contributed by atoms with E-state index < -0.39 is 0 Å². The molecule has 1 nitrogen and oxygen atoms in total. The van der Waals surface area contributed by atoms with Crippen LogP contribution in [-0.2, 0) is 0 Å². The molecule has 0 amide bonds. The van der Waals surface area contributed by atoms with Gasteiger partial charge < -0.3 is 0 Å². The quantitative estimate of drug-likeness (QED) is 0.767. The van der Waals surface area contributed by atoms with Crippen LogP contribution in [0.4, 0.5) is 0 Å². The molecule has 0 aliphatic heterocycles. The van der Waals surface area contributed by atoms with E-state index in [1.165, 1.54) is 4.88 Å². The number of aryl methyl sites for hydroxylation is 2. The molecule has 1 rings (SSSR count). The molecule has 0 spiro atoms. The summed E-state index contributed by atoms with van der Waals surface area (Å²) in [7, 11) is 0. The van der Waals surface area contributed by atoms with E-state index in [0.29, 0.717) is 0 Å². The Morgan fingerprint density at radius 2 is 2.09 bits per heavy atom. The Kier molecular flexibility index (Phi) is 3.28. The van der Waals surface area contributed by atoms with Gasteiger partial charge in [-0.2, -0.15) is 0 Å². The fourth-order valence-corrected chi connectivity index (χ4v) is 2.41. The molecule has 0 saturated heterocycles. The first-order valence-electron chi connectivity index (χ1n) is 3.06. The van der Waals surface area contributed by atoms with Crippen LogP contribution in [0, 0.1) is 13.8 Å². The summed E-state index contributed by atoms with van der Waals surface area (Å²) in [6.07, 6.45) is 2.01. The predicted octanol–water partition coefficient (Wildman–Crippen LogP) is 3.85. The number of hydrogen-bond donors (Lipinski definition) is 0. The van der Waals surface area contributed by atoms with Gasteiger partial charge >= 0.3 is 0 Å². The third kappa shape index (κ3) is 2.69. The van der Waals surface area contributed by atoms with Crippen LogP contribution in [-0.4, -0.2) is 4.98 Å². The summed E-state index contributed by atoms with van der Waals surface area (Å²) in [6.45, 7) is 4.02. The number of hydrogen-bond acceptors (Lipinski definition) is 2. The Balaban J connectivity index is 3.04. The van der Waals surface area contributed by atoms with Gasteiger partial charge in [0.1, 0.15) is 0 Å². The van der Waals surface area contributed by atoms with E-state index >= 15 is 0 Å². The van der Waals surface area contributed by atoms with Crippen molar-refractivity contribution >= 4 is 49.3 Å². The maximum atomic E-state index is 4.30. The van der Waals surface area contributed by atoms with Crippen molar-refractivity contribution in [2.45, 2.75) is 13.8 Å². The summed E-state index contributed by atoms with van der Waals surface area (Å²) in [4.78, 5) is 5.50. The lowest BCUT2D eigenvalue weighted by atomic mass is 10.4. The Bertz CT molecular complexity index is 287. The highest BCUT2D eigenvalue weighted by Gasteiger charge is 2.00. The average molecular weight is 297 g/mol. The first-order valence-corrected chi connectivity index (χ1v) is 5.46. The van der Waals surface area contributed by atoms with Crippen LogP contribution in [0.1, 0.15) is 15.6 Å². The molecule has 0 bridgehead atoms. The molecule has 0 saturated carbocycles. The molecule has 4 heteroatoms. The number of nitrogens with zero attached hydrogens (tertiary/aromatic N) is 1. The zero-order chi connectivity index (χ0) is 8.43. The SMILES string of the molecule is Cc1nc(C)c(C=C(Br)Br)s1. The summed E-state index contributed by atoms with van der Waals surface area (Å²) < 4.78 is 0.955. The van der Waals surface area contributed by atoms with Gasteiger partial charge in [0.15, 0.2) is 0 Å². The maximum Gasteiger partial charge on any atom is 0.0903 e. The zero-order valence-electron chi connectivity index (χ0n) is 6.19. The van der Waals surface area contributed by atoms with Crippen molar-refractivity contribution in [2.24, 2.45) is 0 Å². The van der Waals surface area contributed by atoms with Gasteiger partial charge in [0.05, 0.1) is 19.0 Å². The van der Waals surface area contributed by atoms with E-state index in [1.807, 2.05) is 19.9 Å². The molecule has 0 aromatic carbocycles. The third-order valence-corrected chi connectivity index (χ3v) is 2.66. The highest BCUT2D eigenvalue weighted by Crippen LogP contribution is 2.24. The van der Waals surface area contributed by atoms with E-state index in [1.54, 1.807) is 11.3 Å². The lowest BCUT2D eigenvalue weighted by Gasteiger charge is -1.85. The zero-order valence-corrected chi connectivity index (χ0v) is 10.2. The van der Waals surface area contributed by atoms with Crippen LogP contribution in [0.3, 0.4) is 0 Å². The molecule has 0 fully saturated rings. The van der Waals surface area contributed by atoms with Crippen molar-refractivity contribution in [1.82, 2.24) is 4.98 Å². The Labute approximate surface area is 86.8 Å². The van der Waals surface area contributed by atoms with E-state index in [-0.39, 0.29) is 0 Å². The number of thiazole rings is 1. The van der Waals surface area contributed by atoms with Gasteiger partial charge in [-0.05, 0) is 51.8 Å². The molecule has 60 valence electrons. The van der Waals surface area contributed by atoms with Crippen LogP contribution >= 0.6 is 43.2 Å². The second-order valence-electron chi connectivity index (χ2n) is 2.12. The minimum Gasteiger partial charge on any atom is -0.246 e. The Hall–Kier alpha value is 0.330. The first-order chi connectivity index (χ1) is 5.09. The van der Waals surface area contributed by atoms with Crippen LogP contribution in [0.5, 0.6) is 0 Å². The predicted molar refractivity (Wildman–Crippen MR) is 57.4 cm³/mol. The molecule has 0 aliphatic carbocycles. The van der Waals surface area contributed by atoms with Crippen molar-refractivity contribution < 1.29 is 0 Å². The topological polar surface area (TPSA) is 12.9 Å². The second kappa shape index (κ2) is 3.83. The van der Waals surface area contributed by atoms with Crippen molar-refractivity contribution in [3.63, 3.8) is 0 Å². The fourth-order valence-electron chi connectivity index (χ4n) is 0.780. The lowest BCUT2D eigenvalue weighted by Crippen LogP contribution is -1.72. The summed E-state index contributed by atoms with van der Waals surface area (Å²) >= 11 is 8.32. The number of rotatable bonds is 1. The van der Waals surface area contributed by atoms with E-state index in [9.17, 15) is 0 Å². The lowest BCUT2D eigenvalue weighted by molar-refractivity contribution is 1.20. The van der Waals surface area contributed by atoms with Crippen LogP contribution in [0.2, 0.25) is 0 Å². The van der Waals surface area contributed by atoms with E-state index in [0.717, 1.165) is 14.1 Å². The number of halogens is 2. The summed E-state index contributed by atoms with van der Waals surface area (Å²) in [6, 6.07) is 0. The normalized spacial score (nSPS) is 9.82. The molecule has 1 aromatic heterocycles. The molecule has 1 aromatic rings. The molecule has 0 aliphatic rings. The number of aromatic nitrogens is 1. The summed E-state index contributed by atoms with van der Waals surface area (Å²) in [5.74, 6) is 0. The van der Waals surface area contributed by atoms with Gasteiger partial charge in [0.25, 0.3) is 0 Å². The smallest absolute Gasteiger partial charge is 0.0903 e. The van der Waals surface area contributed by atoms with Crippen molar-refractivity contribution in [2.75, 3.05) is 0 Å². The molecule has 1 heterocycles. The minimum absolute atomic E-state index is 0.955. The Morgan fingerprint density at radius 1 is 1.45 bits per heavy atom. The largest absolute Gasteiger partial charge is 0.246 e. The maximum absolute atomic E-state index is 4.30. The molecular formula is C7H7Br2NS. The first kappa shape index (κ1) is 9.42. The van der Waals surface area contributed by atoms with Gasteiger partial charge in [0.2, 0.25) is 0 Å². The molecule has 0 atom stereocenters. The minimum atomic E-state index is 0.955. The van der Waals surface area contributed by atoms with Gasteiger partial charge in [-0.3, -0.25) is 0 Å². The van der Waals surface area contributed by atoms with Crippen LogP contribution in [0.25, 0.3) is 6.08 Å². The average Bonchev–Trinajstić information content (AvgIpc) is 2.09. The van der Waals surface area contributed by atoms with Gasteiger partial charge in [-0.25, -0.2) is 4.98 Å². The Morgan fingerprint density at radius 3 is 2.45 bits per heavy atom. The van der Waals surface area contributed by atoms with Crippen molar-refractivity contribution in [1.29, 1.82) is 0 Å². The monoisotopic (exact) mass is 295 g/mol. The summed E-state index contributed by atoms with van der Waals surface area (Å²) in [5, 5.41) is 1.11. The van der Waals surface area contributed by atoms with Crippen LogP contribution < -0.4 is 0 Å². The fraction of sp³-hybridized carbons (Fsp3) is 0.286. The second-order valence-corrected chi connectivity index (χ2v) is 6.12. The van der Waals surface area contributed by atoms with Crippen molar-refractivity contribution in [3.8, 4) is 0 Å². The van der Waals surface area contributed by atoms with E-state index in [2.05, 4.69) is 36.8 Å². The van der Waals surface area contributed by atoms with Gasteiger partial charge in [-0.15, -0.1) is 11.3 Å². The molecule has 11 heavy (non-hydrogen) atoms. The highest BCUT2D eigenvalue weighted by atomic mass is 79.9. The van der Waals surface area contributed by atoms with Gasteiger partial charge in [-0.1, -0.05) is 0 Å². The van der Waals surface area contributed by atoms with Gasteiger partial charge in [0, 0.05) is 0 Å². The van der Waals surface area contributed by atoms with Crippen molar-refractivity contribution in [3.05, 3.63) is 19.0 Å². The van der Waals surface area contributed by atoms with Crippen LogP contribution in [0.15, 0.2) is 3.39 Å². The van der Waals surface area contributed by atoms with E-state index in [4.69, 9.17) is 0 Å². The molecule has 0 unspecified atom stereocenters. The molecule has 0 radical (unpaired) electrons. The highest BCUT2D eigenvalue weighted by molar-refractivity contribution is 9.28.